The smallest absolute Gasteiger partial charge is 0.271 e. The second-order valence-electron chi connectivity index (χ2n) is 5.18. The number of sulfonamides is 1. The van der Waals surface area contributed by atoms with Gasteiger partial charge in [0.1, 0.15) is 15.7 Å². The first-order chi connectivity index (χ1) is 11.3. The van der Waals surface area contributed by atoms with Crippen LogP contribution in [0.5, 0.6) is 0 Å². The summed E-state index contributed by atoms with van der Waals surface area (Å²) < 4.78 is 40.6. The topological polar surface area (TPSA) is 74.8 Å². The molecule has 0 unspecified atom stereocenters. The van der Waals surface area contributed by atoms with E-state index in [0.29, 0.717) is 0 Å². The minimum atomic E-state index is -3.79. The first-order valence-electron chi connectivity index (χ1n) is 6.87. The number of nitrogens with zero attached hydrogens (tertiary/aromatic N) is 1. The summed E-state index contributed by atoms with van der Waals surface area (Å²) in [7, 11) is -3.79. The predicted octanol–water partition coefficient (Wildman–Crippen LogP) is 4.35. The van der Waals surface area contributed by atoms with Crippen LogP contribution in [0, 0.1) is 19.7 Å². The van der Waals surface area contributed by atoms with Gasteiger partial charge >= 0.3 is 0 Å². The molecular formula is C15H13ClFN3O2S2. The minimum Gasteiger partial charge on any atom is -0.282 e. The van der Waals surface area contributed by atoms with Crippen molar-refractivity contribution >= 4 is 38.6 Å². The van der Waals surface area contributed by atoms with Gasteiger partial charge in [0.05, 0.1) is 15.6 Å². The minimum absolute atomic E-state index is 0.137. The number of benzene rings is 1. The van der Waals surface area contributed by atoms with Crippen molar-refractivity contribution in [3.05, 3.63) is 52.4 Å². The second kappa shape index (κ2) is 6.19. The number of nitrogens with one attached hydrogen (secondary N) is 2. The number of halogens is 2. The van der Waals surface area contributed by atoms with Gasteiger partial charge in [0.15, 0.2) is 0 Å². The van der Waals surface area contributed by atoms with Crippen molar-refractivity contribution in [2.24, 2.45) is 0 Å². The lowest BCUT2D eigenvalue weighted by molar-refractivity contribution is 0.603. The molecule has 0 aliphatic carbocycles. The van der Waals surface area contributed by atoms with Crippen molar-refractivity contribution in [1.82, 2.24) is 10.2 Å². The molecule has 1 aromatic carbocycles. The van der Waals surface area contributed by atoms with E-state index in [4.69, 9.17) is 11.6 Å². The Labute approximate surface area is 147 Å². The van der Waals surface area contributed by atoms with Crippen molar-refractivity contribution < 1.29 is 12.8 Å². The molecule has 0 bridgehead atoms. The summed E-state index contributed by atoms with van der Waals surface area (Å²) in [5, 5.41) is 6.93. The van der Waals surface area contributed by atoms with E-state index in [0.717, 1.165) is 39.2 Å². The summed E-state index contributed by atoms with van der Waals surface area (Å²) in [5.41, 5.74) is 2.83. The van der Waals surface area contributed by atoms with Gasteiger partial charge in [0.25, 0.3) is 10.0 Å². The van der Waals surface area contributed by atoms with Crippen LogP contribution in [0.25, 0.3) is 10.6 Å². The second-order valence-corrected chi connectivity index (χ2v) is 8.58. The molecule has 9 heteroatoms. The van der Waals surface area contributed by atoms with Crippen LogP contribution in [0.3, 0.4) is 0 Å². The van der Waals surface area contributed by atoms with Crippen LogP contribution in [0.15, 0.2) is 34.5 Å². The monoisotopic (exact) mass is 385 g/mol. The lowest BCUT2D eigenvalue weighted by Gasteiger charge is -2.06. The standard InChI is InChI=1S/C15H13ClFN3O2S2/c1-8-9(2)18-19-15(8)13-5-6-14(23-13)24(21,22)20-10-3-4-12(17)11(16)7-10/h3-7,20H,1-2H3,(H,18,19). The van der Waals surface area contributed by atoms with Crippen molar-refractivity contribution in [1.29, 1.82) is 0 Å². The average Bonchev–Trinajstić information content (AvgIpc) is 3.12. The molecule has 0 radical (unpaired) electrons. The summed E-state index contributed by atoms with van der Waals surface area (Å²) in [6, 6.07) is 6.87. The van der Waals surface area contributed by atoms with Crippen molar-refractivity contribution in [2.45, 2.75) is 18.1 Å². The number of anilines is 1. The largest absolute Gasteiger partial charge is 0.282 e. The number of aromatic amines is 1. The highest BCUT2D eigenvalue weighted by atomic mass is 35.5. The molecule has 2 aromatic heterocycles. The van der Waals surface area contributed by atoms with Crippen molar-refractivity contribution in [2.75, 3.05) is 4.72 Å². The molecule has 0 fully saturated rings. The SMILES string of the molecule is Cc1[nH]nc(-c2ccc(S(=O)(=O)Nc3ccc(F)c(Cl)c3)s2)c1C. The Balaban J connectivity index is 1.90. The zero-order valence-corrected chi connectivity index (χ0v) is 15.1. The highest BCUT2D eigenvalue weighted by Crippen LogP contribution is 2.33. The average molecular weight is 386 g/mol. The number of H-pyrrole nitrogens is 1. The lowest BCUT2D eigenvalue weighted by Crippen LogP contribution is -2.11. The third-order valence-corrected chi connectivity index (χ3v) is 6.76. The number of hydrogen-bond acceptors (Lipinski definition) is 4. The predicted molar refractivity (Wildman–Crippen MR) is 93.6 cm³/mol. The molecule has 0 amide bonds. The van der Waals surface area contributed by atoms with E-state index in [9.17, 15) is 12.8 Å². The Hall–Kier alpha value is -1.90. The Kier molecular flexibility index (Phi) is 4.37. The van der Waals surface area contributed by atoms with E-state index in [-0.39, 0.29) is 14.9 Å². The first kappa shape index (κ1) is 16.9. The quantitative estimate of drug-likeness (QED) is 0.701. The number of hydrogen-bond donors (Lipinski definition) is 2. The van der Waals surface area contributed by atoms with Gasteiger partial charge in [-0.1, -0.05) is 11.6 Å². The van der Waals surface area contributed by atoms with Gasteiger partial charge in [0.2, 0.25) is 0 Å². The molecule has 0 aliphatic heterocycles. The third kappa shape index (κ3) is 3.17. The highest BCUT2D eigenvalue weighted by Gasteiger charge is 2.20. The summed E-state index contributed by atoms with van der Waals surface area (Å²) >= 11 is 6.78. The fraction of sp³-hybridized carbons (Fsp3) is 0.133. The molecule has 24 heavy (non-hydrogen) atoms. The van der Waals surface area contributed by atoms with E-state index in [1.54, 1.807) is 6.07 Å². The molecule has 3 aromatic rings. The van der Waals surface area contributed by atoms with Crippen molar-refractivity contribution in [3.63, 3.8) is 0 Å². The number of rotatable bonds is 4. The molecule has 0 aliphatic rings. The summed E-state index contributed by atoms with van der Waals surface area (Å²) in [6.07, 6.45) is 0. The Bertz CT molecular complexity index is 1010. The maximum atomic E-state index is 13.2. The molecule has 3 rings (SSSR count). The van der Waals surface area contributed by atoms with Gasteiger partial charge in [0, 0.05) is 5.69 Å². The van der Waals surface area contributed by atoms with Crippen LogP contribution in [0.1, 0.15) is 11.3 Å². The summed E-state index contributed by atoms with van der Waals surface area (Å²) in [5.74, 6) is -0.609. The van der Waals surface area contributed by atoms with E-state index in [1.807, 2.05) is 13.8 Å². The maximum absolute atomic E-state index is 13.2. The van der Waals surface area contributed by atoms with E-state index in [1.165, 1.54) is 18.2 Å². The molecule has 2 N–H and O–H groups in total. The fourth-order valence-electron chi connectivity index (χ4n) is 2.08. The van der Waals surface area contributed by atoms with Gasteiger partial charge in [-0.15, -0.1) is 11.3 Å². The Morgan fingerprint density at radius 1 is 1.25 bits per heavy atom. The molecule has 0 saturated carbocycles. The fourth-order valence-corrected chi connectivity index (χ4v) is 4.66. The summed E-state index contributed by atoms with van der Waals surface area (Å²) in [4.78, 5) is 0.745. The molecule has 2 heterocycles. The lowest BCUT2D eigenvalue weighted by atomic mass is 10.2. The number of aryl methyl sites for hydroxylation is 1. The Morgan fingerprint density at radius 2 is 2.00 bits per heavy atom. The Morgan fingerprint density at radius 3 is 2.62 bits per heavy atom. The van der Waals surface area contributed by atoms with Gasteiger partial charge in [-0.3, -0.25) is 9.82 Å². The third-order valence-electron chi connectivity index (χ3n) is 3.50. The molecule has 0 saturated heterocycles. The van der Waals surface area contributed by atoms with Crippen LogP contribution in [0.2, 0.25) is 5.02 Å². The molecular weight excluding hydrogens is 373 g/mol. The van der Waals surface area contributed by atoms with Gasteiger partial charge in [-0.25, -0.2) is 12.8 Å². The molecule has 0 atom stereocenters. The van der Waals surface area contributed by atoms with Crippen molar-refractivity contribution in [3.8, 4) is 10.6 Å². The van der Waals surface area contributed by atoms with Crippen LogP contribution in [0.4, 0.5) is 10.1 Å². The van der Waals surface area contributed by atoms with Gasteiger partial charge in [-0.2, -0.15) is 5.10 Å². The van der Waals surface area contributed by atoms with Gasteiger partial charge in [-0.05, 0) is 49.7 Å². The van der Waals surface area contributed by atoms with Gasteiger partial charge < -0.3 is 0 Å². The zero-order valence-electron chi connectivity index (χ0n) is 12.7. The van der Waals surface area contributed by atoms with Crippen LogP contribution in [-0.4, -0.2) is 18.6 Å². The maximum Gasteiger partial charge on any atom is 0.271 e. The van der Waals surface area contributed by atoms with Crippen LogP contribution < -0.4 is 4.72 Å². The number of aromatic nitrogens is 2. The van der Waals surface area contributed by atoms with Crippen LogP contribution in [-0.2, 0) is 10.0 Å². The highest BCUT2D eigenvalue weighted by molar-refractivity contribution is 7.94. The summed E-state index contributed by atoms with van der Waals surface area (Å²) in [6.45, 7) is 3.82. The zero-order chi connectivity index (χ0) is 17.5. The van der Waals surface area contributed by atoms with E-state index in [2.05, 4.69) is 14.9 Å². The van der Waals surface area contributed by atoms with Crippen LogP contribution >= 0.6 is 22.9 Å². The number of thiophene rings is 1. The molecule has 0 spiro atoms. The first-order valence-corrected chi connectivity index (χ1v) is 9.55. The normalized spacial score (nSPS) is 11.7. The molecule has 5 nitrogen and oxygen atoms in total. The van der Waals surface area contributed by atoms with E-state index < -0.39 is 15.8 Å². The van der Waals surface area contributed by atoms with E-state index >= 15 is 0 Å². The molecule has 126 valence electrons.